The predicted molar refractivity (Wildman–Crippen MR) is 264 cm³/mol. The highest BCUT2D eigenvalue weighted by atomic mass is 15.1. The molecule has 0 atom stereocenters. The molecule has 0 amide bonds. The van der Waals surface area contributed by atoms with Crippen LogP contribution in [0.4, 0.5) is 17.1 Å². The summed E-state index contributed by atoms with van der Waals surface area (Å²) in [5, 5.41) is 2.51. The lowest BCUT2D eigenvalue weighted by Crippen LogP contribution is -2.28. The van der Waals surface area contributed by atoms with Gasteiger partial charge >= 0.3 is 0 Å². The summed E-state index contributed by atoms with van der Waals surface area (Å²) in [6.45, 7) is 0. The molecule has 1 aliphatic rings. The van der Waals surface area contributed by atoms with E-state index in [1.54, 1.807) is 0 Å². The Kier molecular flexibility index (Phi) is 8.76. The Labute approximate surface area is 368 Å². The van der Waals surface area contributed by atoms with E-state index in [1.807, 2.05) is 0 Å². The van der Waals surface area contributed by atoms with Crippen molar-refractivity contribution in [3.8, 4) is 39.1 Å². The van der Waals surface area contributed by atoms with E-state index in [4.69, 9.17) is 0 Å². The monoisotopic (exact) mass is 802 g/mol. The molecule has 12 rings (SSSR count). The van der Waals surface area contributed by atoms with Gasteiger partial charge in [0, 0.05) is 33.4 Å². The highest BCUT2D eigenvalue weighted by Crippen LogP contribution is 2.59. The Hall–Kier alpha value is -8.20. The Balaban J connectivity index is 1.13. The van der Waals surface area contributed by atoms with E-state index in [0.717, 1.165) is 17.1 Å². The van der Waals surface area contributed by atoms with Gasteiger partial charge in [-0.25, -0.2) is 0 Å². The minimum Gasteiger partial charge on any atom is -0.310 e. The molecule has 0 aliphatic heterocycles. The molecule has 11 aromatic rings. The molecule has 2 nitrogen and oxygen atoms in total. The molecular weight excluding hydrogens is 761 g/mol. The molecule has 63 heavy (non-hydrogen) atoms. The van der Waals surface area contributed by atoms with Gasteiger partial charge < -0.3 is 9.47 Å². The molecule has 0 fully saturated rings. The molecule has 0 radical (unpaired) electrons. The molecule has 296 valence electrons. The zero-order chi connectivity index (χ0) is 41.7. The maximum Gasteiger partial charge on any atom is 0.0715 e. The molecule has 0 saturated heterocycles. The average Bonchev–Trinajstić information content (AvgIpc) is 3.86. The summed E-state index contributed by atoms with van der Waals surface area (Å²) >= 11 is 0. The van der Waals surface area contributed by atoms with Crippen LogP contribution in [0.1, 0.15) is 22.3 Å². The number of anilines is 3. The van der Waals surface area contributed by atoms with Crippen molar-refractivity contribution >= 4 is 38.9 Å². The molecule has 1 heterocycles. The zero-order valence-corrected chi connectivity index (χ0v) is 34.6. The van der Waals surface area contributed by atoms with Crippen LogP contribution in [0, 0.1) is 0 Å². The van der Waals surface area contributed by atoms with Crippen LogP contribution in [-0.4, -0.2) is 4.57 Å². The second-order valence-electron chi connectivity index (χ2n) is 16.4. The minimum absolute atomic E-state index is 0.613. The number of nitrogens with zero attached hydrogens (tertiary/aromatic N) is 2. The van der Waals surface area contributed by atoms with Crippen molar-refractivity contribution in [3.63, 3.8) is 0 Å². The van der Waals surface area contributed by atoms with Gasteiger partial charge in [0.2, 0.25) is 0 Å². The van der Waals surface area contributed by atoms with Gasteiger partial charge in [0.15, 0.2) is 0 Å². The van der Waals surface area contributed by atoms with Gasteiger partial charge in [-0.2, -0.15) is 0 Å². The van der Waals surface area contributed by atoms with E-state index >= 15 is 0 Å². The van der Waals surface area contributed by atoms with Gasteiger partial charge in [0.05, 0.1) is 22.1 Å². The van der Waals surface area contributed by atoms with Crippen LogP contribution in [0.5, 0.6) is 0 Å². The quantitative estimate of drug-likeness (QED) is 0.149. The van der Waals surface area contributed by atoms with Gasteiger partial charge in [0.1, 0.15) is 0 Å². The average molecular weight is 803 g/mol. The molecule has 0 bridgehead atoms. The number of hydrogen-bond donors (Lipinski definition) is 0. The number of para-hydroxylation sites is 2. The predicted octanol–water partition coefficient (Wildman–Crippen LogP) is 16.0. The molecule has 0 spiro atoms. The summed E-state index contributed by atoms with van der Waals surface area (Å²) < 4.78 is 2.49. The van der Waals surface area contributed by atoms with Crippen LogP contribution in [0.2, 0.25) is 0 Å². The normalized spacial score (nSPS) is 12.6. The Morgan fingerprint density at radius 2 is 0.746 bits per heavy atom. The van der Waals surface area contributed by atoms with E-state index in [9.17, 15) is 0 Å². The summed E-state index contributed by atoms with van der Waals surface area (Å²) in [5.41, 5.74) is 18.5. The first kappa shape index (κ1) is 36.6. The number of rotatable bonds is 8. The Morgan fingerprint density at radius 1 is 0.317 bits per heavy atom. The largest absolute Gasteiger partial charge is 0.310 e. The minimum atomic E-state index is -0.613. The lowest BCUT2D eigenvalue weighted by molar-refractivity contribution is 0.768. The Morgan fingerprint density at radius 3 is 1.25 bits per heavy atom. The van der Waals surface area contributed by atoms with E-state index in [2.05, 4.69) is 264 Å². The van der Waals surface area contributed by atoms with Crippen molar-refractivity contribution in [3.05, 3.63) is 277 Å². The van der Waals surface area contributed by atoms with Crippen LogP contribution in [0.15, 0.2) is 255 Å². The van der Waals surface area contributed by atoms with E-state index in [0.29, 0.717) is 0 Å². The third-order valence-corrected chi connectivity index (χ3v) is 13.1. The van der Waals surface area contributed by atoms with Crippen LogP contribution in [0.25, 0.3) is 60.9 Å². The van der Waals surface area contributed by atoms with Gasteiger partial charge in [0.25, 0.3) is 0 Å². The SMILES string of the molecule is c1ccc(-c2ccc(N(c3ccc(-c4ccccc4)cc3)c3ccc4c(c3)C(c3ccccc3)(c3ccccc3)c3cccc(-n5c6ccccc6c6ccccc65)c3-4)cc2)cc1. The van der Waals surface area contributed by atoms with E-state index in [-0.39, 0.29) is 0 Å². The molecule has 0 saturated carbocycles. The second kappa shape index (κ2) is 15.1. The number of aromatic nitrogens is 1. The maximum atomic E-state index is 2.49. The zero-order valence-electron chi connectivity index (χ0n) is 34.6. The van der Waals surface area contributed by atoms with Crippen LogP contribution < -0.4 is 4.90 Å². The number of hydrogen-bond acceptors (Lipinski definition) is 1. The van der Waals surface area contributed by atoms with E-state index in [1.165, 1.54) is 83.1 Å². The molecule has 2 heteroatoms. The highest BCUT2D eigenvalue weighted by molar-refractivity contribution is 6.10. The van der Waals surface area contributed by atoms with Gasteiger partial charge in [-0.05, 0) is 105 Å². The van der Waals surface area contributed by atoms with Gasteiger partial charge in [-0.15, -0.1) is 0 Å². The first-order chi connectivity index (χ1) is 31.3. The standard InChI is InChI=1S/C61H42N2/c1-5-18-43(19-6-1)45-32-36-49(37-33-45)62(50-38-34-46(35-39-50)44-20-7-2-8-21-44)51-40-41-54-56(42-51)61(47-22-9-3-10-23-47,48-24-11-4-12-25-48)55-28-17-31-59(60(54)55)63-57-29-15-13-26-52(57)53-27-14-16-30-58(53)63/h1-42H. The first-order valence-electron chi connectivity index (χ1n) is 21.8. The maximum absolute atomic E-state index is 2.49. The third-order valence-electron chi connectivity index (χ3n) is 13.1. The summed E-state index contributed by atoms with van der Waals surface area (Å²) in [5.74, 6) is 0. The first-order valence-corrected chi connectivity index (χ1v) is 21.8. The van der Waals surface area contributed by atoms with Crippen LogP contribution in [-0.2, 0) is 5.41 Å². The fourth-order valence-electron chi connectivity index (χ4n) is 10.3. The summed E-state index contributed by atoms with van der Waals surface area (Å²) in [6.07, 6.45) is 0. The summed E-state index contributed by atoms with van der Waals surface area (Å²) in [4.78, 5) is 2.42. The molecule has 1 aromatic heterocycles. The van der Waals surface area contributed by atoms with Gasteiger partial charge in [-0.3, -0.25) is 0 Å². The van der Waals surface area contributed by atoms with E-state index < -0.39 is 5.41 Å². The lowest BCUT2D eigenvalue weighted by atomic mass is 9.67. The second-order valence-corrected chi connectivity index (χ2v) is 16.4. The molecule has 0 N–H and O–H groups in total. The van der Waals surface area contributed by atoms with Crippen molar-refractivity contribution in [2.45, 2.75) is 5.41 Å². The summed E-state index contributed by atoms with van der Waals surface area (Å²) in [6, 6.07) is 93.3. The molecule has 10 aromatic carbocycles. The molecule has 0 unspecified atom stereocenters. The molecule has 1 aliphatic carbocycles. The van der Waals surface area contributed by atoms with Crippen molar-refractivity contribution < 1.29 is 0 Å². The lowest BCUT2D eigenvalue weighted by Gasteiger charge is -2.35. The summed E-state index contributed by atoms with van der Waals surface area (Å²) in [7, 11) is 0. The fraction of sp³-hybridized carbons (Fsp3) is 0.0164. The fourth-order valence-corrected chi connectivity index (χ4v) is 10.3. The van der Waals surface area contributed by atoms with Crippen LogP contribution in [0.3, 0.4) is 0 Å². The third kappa shape index (κ3) is 5.87. The number of fused-ring (bicyclic) bond motifs is 6. The number of benzene rings is 10. The van der Waals surface area contributed by atoms with Crippen molar-refractivity contribution in [2.24, 2.45) is 0 Å². The van der Waals surface area contributed by atoms with Crippen molar-refractivity contribution in [1.82, 2.24) is 4.57 Å². The van der Waals surface area contributed by atoms with Crippen molar-refractivity contribution in [1.29, 1.82) is 0 Å². The Bertz CT molecular complexity index is 3230. The molecular formula is C61H42N2. The van der Waals surface area contributed by atoms with Crippen LogP contribution >= 0.6 is 0 Å². The highest BCUT2D eigenvalue weighted by Gasteiger charge is 2.47. The topological polar surface area (TPSA) is 8.17 Å². The smallest absolute Gasteiger partial charge is 0.0715 e. The van der Waals surface area contributed by atoms with Gasteiger partial charge in [-0.1, -0.05) is 200 Å². The van der Waals surface area contributed by atoms with Crippen molar-refractivity contribution in [2.75, 3.05) is 4.90 Å².